The number of rotatable bonds is 5. The van der Waals surface area contributed by atoms with E-state index in [0.29, 0.717) is 42.7 Å². The van der Waals surface area contributed by atoms with Gasteiger partial charge in [-0.3, -0.25) is 9.88 Å². The molecule has 5 heterocycles. The van der Waals surface area contributed by atoms with Gasteiger partial charge in [-0.1, -0.05) is 24.3 Å². The number of halogens is 2. The van der Waals surface area contributed by atoms with E-state index in [1.807, 2.05) is 29.2 Å². The first-order chi connectivity index (χ1) is 19.8. The third-order valence-corrected chi connectivity index (χ3v) is 8.74. The number of piperidine rings is 1. The third kappa shape index (κ3) is 4.61. The van der Waals surface area contributed by atoms with Crippen molar-refractivity contribution in [3.05, 3.63) is 48.4 Å². The van der Waals surface area contributed by atoms with Crippen LogP contribution in [0.25, 0.3) is 32.9 Å². The number of ether oxygens (including phenoxy) is 1. The number of nitrogens with two attached hydrogens (primary N) is 1. The molecule has 0 amide bonds. The Labute approximate surface area is 235 Å². The third-order valence-electron chi connectivity index (χ3n) is 8.74. The zero-order chi connectivity index (χ0) is 28.3. The lowest BCUT2D eigenvalue weighted by Gasteiger charge is -2.35. The summed E-state index contributed by atoms with van der Waals surface area (Å²) in [7, 11) is 0. The first-order valence-corrected chi connectivity index (χ1v) is 14.1. The molecule has 3 saturated heterocycles. The molecule has 2 aromatic heterocycles. The molecule has 3 aliphatic heterocycles. The van der Waals surface area contributed by atoms with Crippen LogP contribution in [0.3, 0.4) is 0 Å². The fourth-order valence-corrected chi connectivity index (χ4v) is 6.94. The van der Waals surface area contributed by atoms with Gasteiger partial charge in [0.2, 0.25) is 0 Å². The van der Waals surface area contributed by atoms with E-state index in [0.717, 1.165) is 30.2 Å². The number of β-amino-alcohol motifs (C(OH)–C–C–N with tert-alkyl or cyclic N) is 1. The van der Waals surface area contributed by atoms with Gasteiger partial charge in [0, 0.05) is 43.9 Å². The number of aromatic hydroxyl groups is 1. The molecule has 3 aliphatic rings. The monoisotopic (exact) mass is 562 g/mol. The number of hydrogen-bond donors (Lipinski definition) is 3. The molecule has 2 aromatic carbocycles. The molecule has 4 atom stereocenters. The van der Waals surface area contributed by atoms with Crippen LogP contribution in [0.4, 0.5) is 14.6 Å². The van der Waals surface area contributed by atoms with Crippen molar-refractivity contribution < 1.29 is 23.7 Å². The van der Waals surface area contributed by atoms with E-state index < -0.39 is 23.6 Å². The van der Waals surface area contributed by atoms with E-state index in [4.69, 9.17) is 10.5 Å². The van der Waals surface area contributed by atoms with E-state index in [2.05, 4.69) is 19.9 Å². The molecule has 214 valence electrons. The molecule has 4 N–H and O–H groups in total. The van der Waals surface area contributed by atoms with Crippen LogP contribution in [-0.2, 0) is 0 Å². The van der Waals surface area contributed by atoms with Crippen LogP contribution in [-0.4, -0.2) is 86.7 Å². The van der Waals surface area contributed by atoms with Crippen molar-refractivity contribution in [1.82, 2.24) is 19.9 Å². The Morgan fingerprint density at radius 1 is 1.12 bits per heavy atom. The molecular weight excluding hydrogens is 530 g/mol. The first-order valence-electron chi connectivity index (χ1n) is 14.1. The fourth-order valence-electron chi connectivity index (χ4n) is 6.94. The van der Waals surface area contributed by atoms with Gasteiger partial charge in [0.05, 0.1) is 17.0 Å². The maximum absolute atomic E-state index is 16.5. The van der Waals surface area contributed by atoms with E-state index in [1.54, 1.807) is 6.07 Å². The average molecular weight is 563 g/mol. The summed E-state index contributed by atoms with van der Waals surface area (Å²) in [5.41, 5.74) is 6.26. The number of aromatic nitrogens is 3. The smallest absolute Gasteiger partial charge is 0.319 e. The molecule has 7 rings (SSSR count). The van der Waals surface area contributed by atoms with Crippen molar-refractivity contribution in [2.75, 3.05) is 37.7 Å². The minimum atomic E-state index is -0.911. The van der Waals surface area contributed by atoms with Gasteiger partial charge in [-0.25, -0.2) is 8.78 Å². The normalized spacial score (nSPS) is 26.6. The van der Waals surface area contributed by atoms with E-state index in [9.17, 15) is 14.6 Å². The SMILES string of the molecule is N[C@H]1C[C@@H](O)CN(c2nc(OC[C@@]34CCCN3C[C@H](F)C4)nc3c(F)c(-c4cc(O)cc5ccccc45)ncc23)C1. The van der Waals surface area contributed by atoms with Crippen LogP contribution >= 0.6 is 0 Å². The van der Waals surface area contributed by atoms with Crippen LogP contribution in [0.2, 0.25) is 0 Å². The quantitative estimate of drug-likeness (QED) is 0.335. The number of phenols is 1. The zero-order valence-electron chi connectivity index (χ0n) is 22.5. The number of nitrogens with zero attached hydrogens (tertiary/aromatic N) is 5. The Kier molecular flexibility index (Phi) is 6.40. The fraction of sp³-hybridized carbons (Fsp3) is 0.433. The van der Waals surface area contributed by atoms with Crippen LogP contribution < -0.4 is 15.4 Å². The summed E-state index contributed by atoms with van der Waals surface area (Å²) in [4.78, 5) is 17.6. The van der Waals surface area contributed by atoms with Gasteiger partial charge in [0.25, 0.3) is 0 Å². The molecule has 0 spiro atoms. The van der Waals surface area contributed by atoms with E-state index in [-0.39, 0.29) is 42.2 Å². The topological polar surface area (TPSA) is 121 Å². The van der Waals surface area contributed by atoms with Crippen LogP contribution in [0.1, 0.15) is 25.7 Å². The molecule has 11 heteroatoms. The maximum Gasteiger partial charge on any atom is 0.319 e. The first kappa shape index (κ1) is 26.2. The lowest BCUT2D eigenvalue weighted by atomic mass is 9.95. The Bertz CT molecular complexity index is 1630. The Morgan fingerprint density at radius 2 is 1.98 bits per heavy atom. The Hall–Kier alpha value is -3.67. The molecule has 0 bridgehead atoms. The average Bonchev–Trinajstić information content (AvgIpc) is 3.46. The number of phenolic OH excluding ortho intramolecular Hbond substituents is 1. The van der Waals surface area contributed by atoms with Crippen LogP contribution in [0.15, 0.2) is 42.6 Å². The largest absolute Gasteiger partial charge is 0.508 e. The summed E-state index contributed by atoms with van der Waals surface area (Å²) >= 11 is 0. The maximum atomic E-state index is 16.5. The Morgan fingerprint density at radius 3 is 2.83 bits per heavy atom. The van der Waals surface area contributed by atoms with E-state index in [1.165, 1.54) is 12.3 Å². The summed E-state index contributed by atoms with van der Waals surface area (Å²) < 4.78 is 37.0. The zero-order valence-corrected chi connectivity index (χ0v) is 22.5. The summed E-state index contributed by atoms with van der Waals surface area (Å²) in [6.45, 7) is 2.07. The molecule has 4 aromatic rings. The van der Waals surface area contributed by atoms with Gasteiger partial charge in [0.1, 0.15) is 35.6 Å². The predicted octanol–water partition coefficient (Wildman–Crippen LogP) is 3.54. The number of anilines is 1. The lowest BCUT2D eigenvalue weighted by molar-refractivity contribution is 0.107. The van der Waals surface area contributed by atoms with Crippen molar-refractivity contribution in [2.45, 2.75) is 49.5 Å². The number of alkyl halides is 1. The van der Waals surface area contributed by atoms with Crippen LogP contribution in [0, 0.1) is 5.82 Å². The summed E-state index contributed by atoms with van der Waals surface area (Å²) in [6, 6.07) is 10.2. The molecule has 0 aliphatic carbocycles. The molecular formula is C30H32F2N6O3. The summed E-state index contributed by atoms with van der Waals surface area (Å²) in [6.07, 6.45) is 2.54. The second-order valence-electron chi connectivity index (χ2n) is 11.6. The van der Waals surface area contributed by atoms with Crippen molar-refractivity contribution in [1.29, 1.82) is 0 Å². The highest BCUT2D eigenvalue weighted by molar-refractivity contribution is 5.99. The van der Waals surface area contributed by atoms with Gasteiger partial charge in [-0.15, -0.1) is 0 Å². The number of hydrogen-bond acceptors (Lipinski definition) is 9. The summed E-state index contributed by atoms with van der Waals surface area (Å²) in [5.74, 6) is -0.320. The van der Waals surface area contributed by atoms with Crippen molar-refractivity contribution in [2.24, 2.45) is 5.73 Å². The molecule has 3 fully saturated rings. The standard InChI is InChI=1S/C30H32F2N6O3/c31-18-11-30(6-3-7-38(30)13-18)16-41-29-35-27-24(28(36-29)37-14-19(33)9-21(40)15-37)12-34-26(25(27)32)23-10-20(39)8-17-4-1-2-5-22(17)23/h1-2,4-5,8,10,12,18-19,21,39-40H,3,6-7,9,11,13-16,33H2/t18-,19+,21-,30+/m1/s1. The van der Waals surface area contributed by atoms with Crippen molar-refractivity contribution in [3.8, 4) is 23.0 Å². The predicted molar refractivity (Wildman–Crippen MR) is 151 cm³/mol. The highest BCUT2D eigenvalue weighted by Gasteiger charge is 2.49. The second kappa shape index (κ2) is 10.0. The number of aliphatic hydroxyl groups is 1. The molecule has 41 heavy (non-hydrogen) atoms. The molecule has 0 unspecified atom stereocenters. The van der Waals surface area contributed by atoms with Gasteiger partial charge in [-0.2, -0.15) is 9.97 Å². The number of fused-ring (bicyclic) bond motifs is 3. The van der Waals surface area contributed by atoms with Crippen molar-refractivity contribution >= 4 is 27.5 Å². The van der Waals surface area contributed by atoms with E-state index >= 15 is 4.39 Å². The van der Waals surface area contributed by atoms with Gasteiger partial charge < -0.3 is 25.6 Å². The van der Waals surface area contributed by atoms with Crippen molar-refractivity contribution in [3.63, 3.8) is 0 Å². The minimum absolute atomic E-state index is 0.00614. The number of benzene rings is 2. The minimum Gasteiger partial charge on any atom is -0.508 e. The van der Waals surface area contributed by atoms with Gasteiger partial charge >= 0.3 is 6.01 Å². The number of aliphatic hydroxyl groups excluding tert-OH is 1. The summed E-state index contributed by atoms with van der Waals surface area (Å²) in [5, 5.41) is 22.7. The van der Waals surface area contributed by atoms with Gasteiger partial charge in [0.15, 0.2) is 5.82 Å². The highest BCUT2D eigenvalue weighted by Crippen LogP contribution is 2.41. The second-order valence-corrected chi connectivity index (χ2v) is 11.6. The lowest BCUT2D eigenvalue weighted by Crippen LogP contribution is -2.49. The van der Waals surface area contributed by atoms with Gasteiger partial charge in [-0.05, 0) is 48.7 Å². The molecule has 0 saturated carbocycles. The molecule has 9 nitrogen and oxygen atoms in total. The highest BCUT2D eigenvalue weighted by atomic mass is 19.1. The van der Waals surface area contributed by atoms with Crippen LogP contribution in [0.5, 0.6) is 11.8 Å². The Balaban J connectivity index is 1.35. The number of pyridine rings is 1. The molecule has 0 radical (unpaired) electrons.